The zero-order chi connectivity index (χ0) is 29.5. The molecule has 1 aromatic carbocycles. The van der Waals surface area contributed by atoms with Crippen LogP contribution in [0.4, 0.5) is 4.39 Å². The largest absolute Gasteiger partial charge is 0.496 e. The van der Waals surface area contributed by atoms with Crippen LogP contribution < -0.4 is 15.6 Å². The lowest BCUT2D eigenvalue weighted by Gasteiger charge is -2.27. The van der Waals surface area contributed by atoms with Gasteiger partial charge in [0.15, 0.2) is 0 Å². The maximum absolute atomic E-state index is 14.0. The third-order valence-electron chi connectivity index (χ3n) is 6.17. The molecule has 0 aliphatic heterocycles. The molecule has 2 atom stereocenters. The van der Waals surface area contributed by atoms with Crippen LogP contribution in [0, 0.1) is 17.2 Å². The van der Waals surface area contributed by atoms with Crippen LogP contribution in [0.5, 0.6) is 5.75 Å². The molecular formula is C30H42FN3O5. The van der Waals surface area contributed by atoms with E-state index in [-0.39, 0.29) is 48.1 Å². The molecule has 0 saturated heterocycles. The molecule has 0 spiro atoms. The third-order valence-corrected chi connectivity index (χ3v) is 6.17. The van der Waals surface area contributed by atoms with Gasteiger partial charge >= 0.3 is 0 Å². The minimum Gasteiger partial charge on any atom is -0.496 e. The van der Waals surface area contributed by atoms with E-state index in [1.54, 1.807) is 13.0 Å². The van der Waals surface area contributed by atoms with E-state index in [4.69, 9.17) is 9.47 Å². The predicted octanol–water partition coefficient (Wildman–Crippen LogP) is 4.79. The Balaban J connectivity index is 2.58. The Hall–Kier alpha value is -3.42. The molecule has 0 radical (unpaired) electrons. The number of hydrogen-bond donors (Lipinski definition) is 2. The predicted molar refractivity (Wildman–Crippen MR) is 150 cm³/mol. The fourth-order valence-corrected chi connectivity index (χ4v) is 3.69. The second-order valence-corrected chi connectivity index (χ2v) is 11.3. The molecule has 0 saturated carbocycles. The van der Waals surface area contributed by atoms with Crippen LogP contribution in [0.15, 0.2) is 41.1 Å². The number of aliphatic hydroxyl groups is 1. The van der Waals surface area contributed by atoms with Gasteiger partial charge in [0.2, 0.25) is 5.91 Å². The first-order chi connectivity index (χ1) is 18.1. The van der Waals surface area contributed by atoms with Crippen LogP contribution in [0.25, 0.3) is 5.57 Å². The topological polar surface area (TPSA) is 103 Å². The molecule has 1 amide bonds. The molecular weight excluding hydrogens is 501 g/mol. The summed E-state index contributed by atoms with van der Waals surface area (Å²) in [6, 6.07) is 5.14. The average molecular weight is 544 g/mol. The number of rotatable bonds is 11. The number of hydrogen-bond acceptors (Lipinski definition) is 6. The van der Waals surface area contributed by atoms with E-state index in [1.165, 1.54) is 36.3 Å². The molecule has 0 fully saturated rings. The van der Waals surface area contributed by atoms with Gasteiger partial charge in [0.25, 0.3) is 5.56 Å². The standard InChI is InChI=1S/C30H42FN3O5/c1-18(2)25(32-29(37)30(6,7)8)17-34-28(36)23(20(5)12-13-39-19(3)4)15-22(33-34)16-26(35)24-14-21(31)10-11-27(24)38-9/h10-11,13-15,18-19,25-26,35H,16-17H2,1-9H3,(H,32,37)/t12?,25-,26?/m1/s1. The molecule has 2 aromatic rings. The van der Waals surface area contributed by atoms with Gasteiger partial charge in [-0.1, -0.05) is 40.3 Å². The number of nitrogens with zero attached hydrogens (tertiary/aromatic N) is 2. The normalized spacial score (nSPS) is 13.1. The number of methoxy groups -OCH3 is 1. The first-order valence-electron chi connectivity index (χ1n) is 13.1. The van der Waals surface area contributed by atoms with Crippen molar-refractivity contribution >= 4 is 11.5 Å². The number of ether oxygens (including phenoxy) is 2. The summed E-state index contributed by atoms with van der Waals surface area (Å²) in [4.78, 5) is 26.3. The molecule has 39 heavy (non-hydrogen) atoms. The molecule has 2 N–H and O–H groups in total. The van der Waals surface area contributed by atoms with E-state index in [1.807, 2.05) is 48.5 Å². The lowest BCUT2D eigenvalue weighted by atomic mass is 9.94. The molecule has 0 bridgehead atoms. The molecule has 2 rings (SSSR count). The van der Waals surface area contributed by atoms with Crippen LogP contribution in [-0.4, -0.2) is 40.0 Å². The van der Waals surface area contributed by atoms with Crippen LogP contribution in [-0.2, 0) is 22.5 Å². The monoisotopic (exact) mass is 543 g/mol. The van der Waals surface area contributed by atoms with Gasteiger partial charge in [0.05, 0.1) is 43.2 Å². The molecule has 1 unspecified atom stereocenters. The van der Waals surface area contributed by atoms with Gasteiger partial charge in [-0.05, 0) is 51.0 Å². The number of benzene rings is 1. The van der Waals surface area contributed by atoms with Gasteiger partial charge in [0, 0.05) is 23.0 Å². The minimum atomic E-state index is -1.15. The van der Waals surface area contributed by atoms with Gasteiger partial charge in [-0.25, -0.2) is 9.07 Å². The van der Waals surface area contributed by atoms with Gasteiger partial charge in [0.1, 0.15) is 17.8 Å². The first kappa shape index (κ1) is 31.8. The van der Waals surface area contributed by atoms with Gasteiger partial charge in [-0.3, -0.25) is 9.59 Å². The Morgan fingerprint density at radius 3 is 2.46 bits per heavy atom. The Kier molecular flexibility index (Phi) is 11.1. The van der Waals surface area contributed by atoms with Crippen molar-refractivity contribution < 1.29 is 23.8 Å². The van der Waals surface area contributed by atoms with Gasteiger partial charge in [-0.15, -0.1) is 0 Å². The number of amides is 1. The number of carbonyl (C=O) groups is 1. The van der Waals surface area contributed by atoms with Gasteiger partial charge < -0.3 is 19.9 Å². The minimum absolute atomic E-state index is 0.00667. The van der Waals surface area contributed by atoms with Gasteiger partial charge in [-0.2, -0.15) is 5.10 Å². The molecule has 214 valence electrons. The Bertz CT molecular complexity index is 1270. The van der Waals surface area contributed by atoms with Crippen LogP contribution in [0.2, 0.25) is 0 Å². The fourth-order valence-electron chi connectivity index (χ4n) is 3.69. The van der Waals surface area contributed by atoms with Crippen molar-refractivity contribution in [2.45, 2.75) is 86.6 Å². The lowest BCUT2D eigenvalue weighted by molar-refractivity contribution is -0.129. The number of allylic oxidation sites excluding steroid dienone is 1. The van der Waals surface area contributed by atoms with Crippen molar-refractivity contribution in [3.8, 4) is 5.75 Å². The number of aromatic nitrogens is 2. The lowest BCUT2D eigenvalue weighted by Crippen LogP contribution is -2.48. The highest BCUT2D eigenvalue weighted by molar-refractivity contribution is 5.81. The SMILES string of the molecule is COc1ccc(F)cc1C(O)Cc1cc(C(C)=C=COC(C)C)c(=O)n(C[C@@H](NC(=O)C(C)(C)C)C(C)C)n1. The molecule has 8 nitrogen and oxygen atoms in total. The number of aliphatic hydroxyl groups excluding tert-OH is 1. The van der Waals surface area contributed by atoms with E-state index in [2.05, 4.69) is 16.1 Å². The second kappa shape index (κ2) is 13.6. The summed E-state index contributed by atoms with van der Waals surface area (Å²) in [5.41, 5.74) is 3.54. The Morgan fingerprint density at radius 2 is 1.90 bits per heavy atom. The third kappa shape index (κ3) is 9.08. The molecule has 0 aliphatic rings. The molecule has 1 aromatic heterocycles. The summed E-state index contributed by atoms with van der Waals surface area (Å²) in [7, 11) is 1.44. The molecule has 1 heterocycles. The van der Waals surface area contributed by atoms with E-state index in [0.29, 0.717) is 22.6 Å². The summed E-state index contributed by atoms with van der Waals surface area (Å²) >= 11 is 0. The smallest absolute Gasteiger partial charge is 0.275 e. The van der Waals surface area contributed by atoms with E-state index >= 15 is 0 Å². The quantitative estimate of drug-likeness (QED) is 0.312. The maximum Gasteiger partial charge on any atom is 0.275 e. The number of nitrogens with one attached hydrogen (secondary N) is 1. The van der Waals surface area contributed by atoms with Crippen molar-refractivity contribution in [2.75, 3.05) is 7.11 Å². The van der Waals surface area contributed by atoms with Crippen LogP contribution >= 0.6 is 0 Å². The van der Waals surface area contributed by atoms with Crippen molar-refractivity contribution in [3.05, 3.63) is 69.3 Å². The van der Waals surface area contributed by atoms with Crippen molar-refractivity contribution in [2.24, 2.45) is 11.3 Å². The van der Waals surface area contributed by atoms with Crippen LogP contribution in [0.3, 0.4) is 0 Å². The summed E-state index contributed by atoms with van der Waals surface area (Å²) in [6.07, 6.45) is 0.210. The Morgan fingerprint density at radius 1 is 1.23 bits per heavy atom. The van der Waals surface area contributed by atoms with Crippen molar-refractivity contribution in [1.29, 1.82) is 0 Å². The second-order valence-electron chi connectivity index (χ2n) is 11.3. The zero-order valence-electron chi connectivity index (χ0n) is 24.5. The van der Waals surface area contributed by atoms with Crippen molar-refractivity contribution in [3.63, 3.8) is 0 Å². The highest BCUT2D eigenvalue weighted by Crippen LogP contribution is 2.28. The summed E-state index contributed by atoms with van der Waals surface area (Å²) in [5, 5.41) is 18.6. The Labute approximate surface area is 230 Å². The number of carbonyl (C=O) groups excluding carboxylic acids is 1. The van der Waals surface area contributed by atoms with E-state index in [9.17, 15) is 19.1 Å². The fraction of sp³-hybridized carbons (Fsp3) is 0.533. The zero-order valence-corrected chi connectivity index (χ0v) is 24.5. The highest BCUT2D eigenvalue weighted by atomic mass is 19.1. The van der Waals surface area contributed by atoms with E-state index in [0.717, 1.165) is 0 Å². The summed E-state index contributed by atoms with van der Waals surface area (Å²) in [6.45, 7) is 15.0. The summed E-state index contributed by atoms with van der Waals surface area (Å²) in [5.74, 6) is -0.293. The van der Waals surface area contributed by atoms with E-state index < -0.39 is 17.3 Å². The van der Waals surface area contributed by atoms with Crippen LogP contribution in [0.1, 0.15) is 78.3 Å². The molecule has 0 aliphatic carbocycles. The molecule has 9 heteroatoms. The average Bonchev–Trinajstić information content (AvgIpc) is 2.84. The maximum atomic E-state index is 14.0. The first-order valence-corrected chi connectivity index (χ1v) is 13.1. The number of halogens is 1. The van der Waals surface area contributed by atoms with Crippen molar-refractivity contribution in [1.82, 2.24) is 15.1 Å². The highest BCUT2D eigenvalue weighted by Gasteiger charge is 2.27. The summed E-state index contributed by atoms with van der Waals surface area (Å²) < 4.78 is 26.0.